The Kier molecular flexibility index (Phi) is 5.96. The fourth-order valence-electron chi connectivity index (χ4n) is 2.28. The van der Waals surface area contributed by atoms with Crippen LogP contribution in [0, 0.1) is 6.92 Å². The molecule has 1 N–H and O–H groups in total. The van der Waals surface area contributed by atoms with Crippen LogP contribution >= 0.6 is 11.3 Å². The van der Waals surface area contributed by atoms with Gasteiger partial charge in [-0.2, -0.15) is 11.3 Å². The van der Waals surface area contributed by atoms with E-state index >= 15 is 0 Å². The molecule has 0 aliphatic carbocycles. The van der Waals surface area contributed by atoms with Gasteiger partial charge in [-0.05, 0) is 53.9 Å². The third-order valence-corrected chi connectivity index (χ3v) is 4.16. The van der Waals surface area contributed by atoms with Gasteiger partial charge >= 0.3 is 0 Å². The highest BCUT2D eigenvalue weighted by Crippen LogP contribution is 2.08. The minimum absolute atomic E-state index is 0.0845. The Labute approximate surface area is 130 Å². The summed E-state index contributed by atoms with van der Waals surface area (Å²) in [7, 11) is 1.97. The zero-order valence-corrected chi connectivity index (χ0v) is 13.5. The number of aryl methyl sites for hydroxylation is 1. The van der Waals surface area contributed by atoms with Crippen molar-refractivity contribution in [2.24, 2.45) is 0 Å². The molecule has 0 saturated carbocycles. The first-order valence-electron chi connectivity index (χ1n) is 7.16. The Morgan fingerprint density at radius 3 is 2.81 bits per heavy atom. The third kappa shape index (κ3) is 5.33. The summed E-state index contributed by atoms with van der Waals surface area (Å²) in [4.78, 5) is 13.9. The Hall–Kier alpha value is -1.65. The normalized spacial score (nSPS) is 10.8. The molecular formula is C17H22N2OS. The van der Waals surface area contributed by atoms with Crippen LogP contribution in [0.2, 0.25) is 0 Å². The lowest BCUT2D eigenvalue weighted by Gasteiger charge is -2.15. The molecule has 112 valence electrons. The third-order valence-electron chi connectivity index (χ3n) is 3.42. The number of thiophene rings is 1. The standard InChI is InChI=1S/C17H22N2OS/c1-14-5-3-4-6-16(14)7-9-18-17(20)12-19(2)11-15-8-10-21-13-15/h3-6,8,10,13H,7,9,11-12H2,1-2H3,(H,18,20). The second kappa shape index (κ2) is 7.96. The summed E-state index contributed by atoms with van der Waals surface area (Å²) in [5, 5.41) is 7.17. The number of likely N-dealkylation sites (N-methyl/N-ethyl adjacent to an activating group) is 1. The molecule has 1 amide bonds. The topological polar surface area (TPSA) is 32.3 Å². The first-order valence-corrected chi connectivity index (χ1v) is 8.10. The number of carbonyl (C=O) groups excluding carboxylic acids is 1. The van der Waals surface area contributed by atoms with Gasteiger partial charge in [-0.1, -0.05) is 24.3 Å². The predicted octanol–water partition coefficient (Wildman–Crippen LogP) is 2.85. The monoisotopic (exact) mass is 302 g/mol. The average molecular weight is 302 g/mol. The predicted molar refractivity (Wildman–Crippen MR) is 88.5 cm³/mol. The van der Waals surface area contributed by atoms with Gasteiger partial charge in [0.1, 0.15) is 0 Å². The molecule has 0 aliphatic rings. The van der Waals surface area contributed by atoms with Gasteiger partial charge in [-0.15, -0.1) is 0 Å². The molecule has 0 aliphatic heterocycles. The van der Waals surface area contributed by atoms with E-state index in [-0.39, 0.29) is 5.91 Å². The highest BCUT2D eigenvalue weighted by molar-refractivity contribution is 7.07. The van der Waals surface area contributed by atoms with Crippen molar-refractivity contribution in [1.82, 2.24) is 10.2 Å². The van der Waals surface area contributed by atoms with Crippen LogP contribution in [0.15, 0.2) is 41.1 Å². The van der Waals surface area contributed by atoms with E-state index in [9.17, 15) is 4.79 Å². The summed E-state index contributed by atoms with van der Waals surface area (Å²) in [6.07, 6.45) is 0.882. The maximum absolute atomic E-state index is 11.9. The van der Waals surface area contributed by atoms with Crippen molar-refractivity contribution in [3.8, 4) is 0 Å². The van der Waals surface area contributed by atoms with Gasteiger partial charge in [0.05, 0.1) is 6.54 Å². The fourth-order valence-corrected chi connectivity index (χ4v) is 2.94. The summed E-state index contributed by atoms with van der Waals surface area (Å²) < 4.78 is 0. The number of benzene rings is 1. The van der Waals surface area contributed by atoms with Crippen molar-refractivity contribution in [3.63, 3.8) is 0 Å². The zero-order chi connectivity index (χ0) is 15.1. The minimum atomic E-state index is 0.0845. The van der Waals surface area contributed by atoms with Gasteiger partial charge in [0.15, 0.2) is 0 Å². The van der Waals surface area contributed by atoms with Gasteiger partial charge in [-0.25, -0.2) is 0 Å². The lowest BCUT2D eigenvalue weighted by atomic mass is 10.1. The van der Waals surface area contributed by atoms with Crippen LogP contribution in [-0.2, 0) is 17.8 Å². The van der Waals surface area contributed by atoms with E-state index in [0.29, 0.717) is 13.1 Å². The van der Waals surface area contributed by atoms with E-state index in [1.165, 1.54) is 16.7 Å². The SMILES string of the molecule is Cc1ccccc1CCNC(=O)CN(C)Cc1ccsc1. The van der Waals surface area contributed by atoms with E-state index in [1.54, 1.807) is 11.3 Å². The van der Waals surface area contributed by atoms with Crippen LogP contribution in [0.1, 0.15) is 16.7 Å². The van der Waals surface area contributed by atoms with Crippen molar-refractivity contribution in [2.45, 2.75) is 19.9 Å². The first kappa shape index (κ1) is 15.7. The van der Waals surface area contributed by atoms with Gasteiger partial charge < -0.3 is 5.32 Å². The molecule has 1 aromatic heterocycles. The van der Waals surface area contributed by atoms with Crippen LogP contribution < -0.4 is 5.32 Å². The van der Waals surface area contributed by atoms with Crippen molar-refractivity contribution in [2.75, 3.05) is 20.1 Å². The summed E-state index contributed by atoms with van der Waals surface area (Å²) in [6, 6.07) is 10.4. The Morgan fingerprint density at radius 1 is 1.29 bits per heavy atom. The molecule has 0 spiro atoms. The van der Waals surface area contributed by atoms with Crippen LogP contribution in [0.3, 0.4) is 0 Å². The average Bonchev–Trinajstić information content (AvgIpc) is 2.93. The Balaban J connectivity index is 1.69. The molecule has 0 bridgehead atoms. The molecule has 2 rings (SSSR count). The molecular weight excluding hydrogens is 280 g/mol. The van der Waals surface area contributed by atoms with E-state index in [1.807, 2.05) is 24.1 Å². The second-order valence-electron chi connectivity index (χ2n) is 5.33. The Bertz CT molecular complexity index is 566. The van der Waals surface area contributed by atoms with E-state index in [0.717, 1.165) is 13.0 Å². The lowest BCUT2D eigenvalue weighted by molar-refractivity contribution is -0.122. The second-order valence-corrected chi connectivity index (χ2v) is 6.11. The van der Waals surface area contributed by atoms with Gasteiger partial charge in [0.2, 0.25) is 5.91 Å². The summed E-state index contributed by atoms with van der Waals surface area (Å²) >= 11 is 1.69. The maximum Gasteiger partial charge on any atom is 0.234 e. The molecule has 1 heterocycles. The number of nitrogens with zero attached hydrogens (tertiary/aromatic N) is 1. The Morgan fingerprint density at radius 2 is 2.10 bits per heavy atom. The van der Waals surface area contributed by atoms with E-state index in [2.05, 4.69) is 41.2 Å². The van der Waals surface area contributed by atoms with Crippen molar-refractivity contribution < 1.29 is 4.79 Å². The lowest BCUT2D eigenvalue weighted by Crippen LogP contribution is -2.35. The molecule has 0 saturated heterocycles. The number of nitrogens with one attached hydrogen (secondary N) is 1. The maximum atomic E-state index is 11.9. The van der Waals surface area contributed by atoms with Crippen LogP contribution in [0.4, 0.5) is 0 Å². The molecule has 0 atom stereocenters. The first-order chi connectivity index (χ1) is 10.1. The molecule has 0 unspecified atom stereocenters. The molecule has 4 heteroatoms. The largest absolute Gasteiger partial charge is 0.355 e. The van der Waals surface area contributed by atoms with Crippen molar-refractivity contribution in [1.29, 1.82) is 0 Å². The minimum Gasteiger partial charge on any atom is -0.355 e. The number of hydrogen-bond acceptors (Lipinski definition) is 3. The quantitative estimate of drug-likeness (QED) is 0.853. The van der Waals surface area contributed by atoms with Gasteiger partial charge in [0, 0.05) is 13.1 Å². The number of carbonyl (C=O) groups is 1. The van der Waals surface area contributed by atoms with Crippen LogP contribution in [0.25, 0.3) is 0 Å². The molecule has 0 radical (unpaired) electrons. The van der Waals surface area contributed by atoms with Crippen molar-refractivity contribution in [3.05, 3.63) is 57.8 Å². The van der Waals surface area contributed by atoms with E-state index < -0.39 is 0 Å². The fraction of sp³-hybridized carbons (Fsp3) is 0.353. The highest BCUT2D eigenvalue weighted by atomic mass is 32.1. The van der Waals surface area contributed by atoms with Crippen LogP contribution in [-0.4, -0.2) is 30.9 Å². The van der Waals surface area contributed by atoms with Gasteiger partial charge in [0.25, 0.3) is 0 Å². The smallest absolute Gasteiger partial charge is 0.234 e. The molecule has 2 aromatic rings. The van der Waals surface area contributed by atoms with Gasteiger partial charge in [-0.3, -0.25) is 9.69 Å². The number of rotatable bonds is 7. The summed E-state index contributed by atoms with van der Waals surface area (Å²) in [6.45, 7) is 4.04. The number of amides is 1. The molecule has 0 fully saturated rings. The number of hydrogen-bond donors (Lipinski definition) is 1. The summed E-state index contributed by atoms with van der Waals surface area (Å²) in [5.74, 6) is 0.0845. The summed E-state index contributed by atoms with van der Waals surface area (Å²) in [5.41, 5.74) is 3.83. The van der Waals surface area contributed by atoms with E-state index in [4.69, 9.17) is 0 Å². The molecule has 3 nitrogen and oxygen atoms in total. The highest BCUT2D eigenvalue weighted by Gasteiger charge is 2.07. The van der Waals surface area contributed by atoms with Crippen LogP contribution in [0.5, 0.6) is 0 Å². The molecule has 21 heavy (non-hydrogen) atoms. The van der Waals surface area contributed by atoms with Crippen molar-refractivity contribution >= 4 is 17.2 Å². The molecule has 1 aromatic carbocycles. The zero-order valence-electron chi connectivity index (χ0n) is 12.6.